The van der Waals surface area contributed by atoms with Crippen molar-refractivity contribution in [3.05, 3.63) is 63.2 Å². The summed E-state index contributed by atoms with van der Waals surface area (Å²) in [7, 11) is -3.47. The molecule has 0 radical (unpaired) electrons. The molecule has 26 heavy (non-hydrogen) atoms. The average Bonchev–Trinajstić information content (AvgIpc) is 2.62. The lowest BCUT2D eigenvalue weighted by molar-refractivity contribution is 0.0924. The lowest BCUT2D eigenvalue weighted by atomic mass is 10.1. The average molecular weight is 484 g/mol. The molecule has 1 amide bonds. The Labute approximate surface area is 168 Å². The molecule has 1 N–H and O–H groups in total. The Morgan fingerprint density at radius 3 is 2.38 bits per heavy atom. The predicted octanol–water partition coefficient (Wildman–Crippen LogP) is 3.18. The SMILES string of the molecule is Cc1ccc(S(=O)(=O)N2CCC(NC(=O)c3cccc(I)c3)CC2)cc1. The van der Waals surface area contributed by atoms with Crippen molar-refractivity contribution in [2.75, 3.05) is 13.1 Å². The van der Waals surface area contributed by atoms with Crippen molar-refractivity contribution in [3.8, 4) is 0 Å². The fraction of sp³-hybridized carbons (Fsp3) is 0.316. The van der Waals surface area contributed by atoms with E-state index >= 15 is 0 Å². The molecule has 0 spiro atoms. The van der Waals surface area contributed by atoms with Crippen LogP contribution in [0.5, 0.6) is 0 Å². The molecule has 1 fully saturated rings. The van der Waals surface area contributed by atoms with Crippen molar-refractivity contribution in [1.82, 2.24) is 9.62 Å². The highest BCUT2D eigenvalue weighted by molar-refractivity contribution is 14.1. The van der Waals surface area contributed by atoms with Crippen molar-refractivity contribution in [2.45, 2.75) is 30.7 Å². The minimum atomic E-state index is -3.47. The van der Waals surface area contributed by atoms with Crippen molar-refractivity contribution < 1.29 is 13.2 Å². The zero-order valence-electron chi connectivity index (χ0n) is 14.5. The molecule has 1 aliphatic heterocycles. The first-order valence-electron chi connectivity index (χ1n) is 8.49. The molecule has 0 atom stereocenters. The normalized spacial score (nSPS) is 16.4. The highest BCUT2D eigenvalue weighted by Crippen LogP contribution is 2.21. The number of hydrogen-bond donors (Lipinski definition) is 1. The van der Waals surface area contributed by atoms with Gasteiger partial charge in [-0.25, -0.2) is 8.42 Å². The number of hydrogen-bond acceptors (Lipinski definition) is 3. The first-order valence-corrected chi connectivity index (χ1v) is 11.0. The summed E-state index contributed by atoms with van der Waals surface area (Å²) in [6.45, 7) is 2.75. The second-order valence-electron chi connectivity index (χ2n) is 6.48. The first-order chi connectivity index (χ1) is 12.4. The lowest BCUT2D eigenvalue weighted by Gasteiger charge is -2.31. The summed E-state index contributed by atoms with van der Waals surface area (Å²) in [5.74, 6) is -0.108. The van der Waals surface area contributed by atoms with Crippen LogP contribution in [-0.2, 0) is 10.0 Å². The lowest BCUT2D eigenvalue weighted by Crippen LogP contribution is -2.46. The maximum atomic E-state index is 12.7. The number of nitrogens with zero attached hydrogens (tertiary/aromatic N) is 1. The molecule has 1 heterocycles. The van der Waals surface area contributed by atoms with E-state index in [-0.39, 0.29) is 11.9 Å². The summed E-state index contributed by atoms with van der Waals surface area (Å²) in [5.41, 5.74) is 1.66. The first kappa shape index (κ1) is 19.3. The van der Waals surface area contributed by atoms with Gasteiger partial charge in [-0.3, -0.25) is 4.79 Å². The van der Waals surface area contributed by atoms with Crippen LogP contribution in [-0.4, -0.2) is 37.8 Å². The van der Waals surface area contributed by atoms with E-state index in [2.05, 4.69) is 27.9 Å². The van der Waals surface area contributed by atoms with E-state index < -0.39 is 10.0 Å². The Balaban J connectivity index is 1.60. The summed E-state index contributed by atoms with van der Waals surface area (Å²) in [6.07, 6.45) is 1.22. The van der Waals surface area contributed by atoms with E-state index in [4.69, 9.17) is 0 Å². The molecular formula is C19H21IN2O3S. The number of halogens is 1. The highest BCUT2D eigenvalue weighted by atomic mass is 127. The van der Waals surface area contributed by atoms with Gasteiger partial charge in [-0.15, -0.1) is 0 Å². The van der Waals surface area contributed by atoms with Crippen LogP contribution in [0.1, 0.15) is 28.8 Å². The van der Waals surface area contributed by atoms with Gasteiger partial charge >= 0.3 is 0 Å². The summed E-state index contributed by atoms with van der Waals surface area (Å²) in [4.78, 5) is 12.7. The molecule has 2 aromatic rings. The maximum Gasteiger partial charge on any atom is 0.251 e. The topological polar surface area (TPSA) is 66.5 Å². The fourth-order valence-electron chi connectivity index (χ4n) is 3.00. The summed E-state index contributed by atoms with van der Waals surface area (Å²) >= 11 is 2.18. The molecule has 1 saturated heterocycles. The quantitative estimate of drug-likeness (QED) is 0.679. The third-order valence-corrected chi connectivity index (χ3v) is 7.12. The molecule has 3 rings (SSSR count). The third kappa shape index (κ3) is 4.44. The molecule has 1 aliphatic rings. The van der Waals surface area contributed by atoms with Crippen LogP contribution in [0.3, 0.4) is 0 Å². The van der Waals surface area contributed by atoms with Crippen LogP contribution in [0, 0.1) is 10.5 Å². The Morgan fingerprint density at radius 1 is 1.12 bits per heavy atom. The molecule has 0 unspecified atom stereocenters. The summed E-state index contributed by atoms with van der Waals surface area (Å²) < 4.78 is 28.0. The Kier molecular flexibility index (Phi) is 5.99. The molecule has 0 aliphatic carbocycles. The van der Waals surface area contributed by atoms with Gasteiger partial charge in [0.1, 0.15) is 0 Å². The van der Waals surface area contributed by atoms with E-state index in [0.717, 1.165) is 9.13 Å². The molecular weight excluding hydrogens is 463 g/mol. The van der Waals surface area contributed by atoms with Gasteiger partial charge in [0.2, 0.25) is 10.0 Å². The zero-order chi connectivity index (χ0) is 18.7. The van der Waals surface area contributed by atoms with E-state index in [0.29, 0.717) is 36.4 Å². The number of piperidine rings is 1. The van der Waals surface area contributed by atoms with Crippen LogP contribution >= 0.6 is 22.6 Å². The van der Waals surface area contributed by atoms with Gasteiger partial charge in [-0.1, -0.05) is 23.8 Å². The van der Waals surface area contributed by atoms with Gasteiger partial charge in [0.25, 0.3) is 5.91 Å². The Morgan fingerprint density at radius 2 is 1.77 bits per heavy atom. The molecule has 138 valence electrons. The number of carbonyl (C=O) groups excluding carboxylic acids is 1. The second kappa shape index (κ2) is 8.06. The van der Waals surface area contributed by atoms with E-state index in [1.54, 1.807) is 30.3 Å². The minimum Gasteiger partial charge on any atom is -0.349 e. The number of sulfonamides is 1. The molecule has 2 aromatic carbocycles. The van der Waals surface area contributed by atoms with Gasteiger partial charge in [-0.05, 0) is 72.7 Å². The van der Waals surface area contributed by atoms with Crippen molar-refractivity contribution in [2.24, 2.45) is 0 Å². The van der Waals surface area contributed by atoms with Gasteiger partial charge in [0.15, 0.2) is 0 Å². The van der Waals surface area contributed by atoms with Crippen molar-refractivity contribution in [1.29, 1.82) is 0 Å². The van der Waals surface area contributed by atoms with Crippen LogP contribution in [0.15, 0.2) is 53.4 Å². The van der Waals surface area contributed by atoms with Gasteiger partial charge in [-0.2, -0.15) is 4.31 Å². The number of benzene rings is 2. The number of amides is 1. The largest absolute Gasteiger partial charge is 0.349 e. The number of aryl methyl sites for hydroxylation is 1. The number of carbonyl (C=O) groups is 1. The Hall–Kier alpha value is -1.45. The van der Waals surface area contributed by atoms with Gasteiger partial charge < -0.3 is 5.32 Å². The summed E-state index contributed by atoms with van der Waals surface area (Å²) in [5, 5.41) is 3.02. The van der Waals surface area contributed by atoms with Crippen molar-refractivity contribution in [3.63, 3.8) is 0 Å². The van der Waals surface area contributed by atoms with Crippen LogP contribution in [0.4, 0.5) is 0 Å². The molecule has 5 nitrogen and oxygen atoms in total. The van der Waals surface area contributed by atoms with E-state index in [9.17, 15) is 13.2 Å². The molecule has 0 saturated carbocycles. The third-order valence-electron chi connectivity index (χ3n) is 4.53. The van der Waals surface area contributed by atoms with Crippen molar-refractivity contribution >= 4 is 38.5 Å². The minimum absolute atomic E-state index is 0.00941. The van der Waals surface area contributed by atoms with Crippen LogP contribution in [0.2, 0.25) is 0 Å². The predicted molar refractivity (Wildman–Crippen MR) is 110 cm³/mol. The van der Waals surface area contributed by atoms with Gasteiger partial charge in [0.05, 0.1) is 4.90 Å². The van der Waals surface area contributed by atoms with E-state index in [1.807, 2.05) is 25.1 Å². The zero-order valence-corrected chi connectivity index (χ0v) is 17.5. The highest BCUT2D eigenvalue weighted by Gasteiger charge is 2.30. The standard InChI is InChI=1S/C19H21IN2O3S/c1-14-5-7-18(8-6-14)26(24,25)22-11-9-17(10-12-22)21-19(23)15-3-2-4-16(20)13-15/h2-8,13,17H,9-12H2,1H3,(H,21,23). The Bertz CT molecular complexity index is 889. The molecule has 0 aromatic heterocycles. The fourth-order valence-corrected chi connectivity index (χ4v) is 5.01. The molecule has 7 heteroatoms. The maximum absolute atomic E-state index is 12.7. The smallest absolute Gasteiger partial charge is 0.251 e. The number of rotatable bonds is 4. The van der Waals surface area contributed by atoms with E-state index in [1.165, 1.54) is 4.31 Å². The van der Waals surface area contributed by atoms with Crippen LogP contribution in [0.25, 0.3) is 0 Å². The monoisotopic (exact) mass is 484 g/mol. The number of nitrogens with one attached hydrogen (secondary N) is 1. The van der Waals surface area contributed by atoms with Gasteiger partial charge in [0, 0.05) is 28.3 Å². The summed E-state index contributed by atoms with van der Waals surface area (Å²) in [6, 6.07) is 14.3. The van der Waals surface area contributed by atoms with Crippen LogP contribution < -0.4 is 5.32 Å². The molecule has 0 bridgehead atoms. The second-order valence-corrected chi connectivity index (χ2v) is 9.66.